The SMILES string of the molecule is NC(=O)C1CNCNC1. The molecule has 0 aromatic carbocycles. The predicted molar refractivity (Wildman–Crippen MR) is 33.6 cm³/mol. The maximum Gasteiger partial charge on any atom is 0.223 e. The molecule has 1 fully saturated rings. The summed E-state index contributed by atoms with van der Waals surface area (Å²) in [5.41, 5.74) is 5.05. The molecule has 0 unspecified atom stereocenters. The van der Waals surface area contributed by atoms with Gasteiger partial charge in [-0.2, -0.15) is 0 Å². The van der Waals surface area contributed by atoms with Gasteiger partial charge in [0.2, 0.25) is 5.91 Å². The van der Waals surface area contributed by atoms with Gasteiger partial charge in [-0.1, -0.05) is 0 Å². The lowest BCUT2D eigenvalue weighted by molar-refractivity contribution is -0.121. The molecule has 0 atom stereocenters. The van der Waals surface area contributed by atoms with E-state index in [-0.39, 0.29) is 11.8 Å². The van der Waals surface area contributed by atoms with Crippen molar-refractivity contribution in [2.45, 2.75) is 0 Å². The Morgan fingerprint density at radius 1 is 1.44 bits per heavy atom. The van der Waals surface area contributed by atoms with Gasteiger partial charge in [-0.25, -0.2) is 0 Å². The van der Waals surface area contributed by atoms with Crippen molar-refractivity contribution in [2.24, 2.45) is 11.7 Å². The van der Waals surface area contributed by atoms with E-state index in [9.17, 15) is 4.79 Å². The number of primary amides is 1. The van der Waals surface area contributed by atoms with Crippen LogP contribution < -0.4 is 16.4 Å². The van der Waals surface area contributed by atoms with Gasteiger partial charge in [-0.15, -0.1) is 0 Å². The Bertz CT molecular complexity index is 109. The zero-order valence-corrected chi connectivity index (χ0v) is 5.18. The topological polar surface area (TPSA) is 67.2 Å². The molecule has 4 N–H and O–H groups in total. The van der Waals surface area contributed by atoms with E-state index in [1.165, 1.54) is 0 Å². The third-order valence-electron chi connectivity index (χ3n) is 1.43. The first kappa shape index (κ1) is 6.51. The Kier molecular flexibility index (Phi) is 2.02. The van der Waals surface area contributed by atoms with E-state index in [1.54, 1.807) is 0 Å². The van der Waals surface area contributed by atoms with Gasteiger partial charge in [-0.3, -0.25) is 4.79 Å². The number of carbonyl (C=O) groups is 1. The molecular formula is C5H11N3O. The smallest absolute Gasteiger partial charge is 0.223 e. The Labute approximate surface area is 53.8 Å². The second-order valence-corrected chi connectivity index (χ2v) is 2.18. The van der Waals surface area contributed by atoms with Crippen molar-refractivity contribution in [1.82, 2.24) is 10.6 Å². The minimum atomic E-state index is -0.227. The molecule has 1 saturated heterocycles. The van der Waals surface area contributed by atoms with Gasteiger partial charge in [-0.05, 0) is 0 Å². The van der Waals surface area contributed by atoms with Crippen molar-refractivity contribution < 1.29 is 4.79 Å². The van der Waals surface area contributed by atoms with Crippen LogP contribution in [0.4, 0.5) is 0 Å². The molecule has 0 bridgehead atoms. The summed E-state index contributed by atoms with van der Waals surface area (Å²) in [6.07, 6.45) is 0. The van der Waals surface area contributed by atoms with Gasteiger partial charge >= 0.3 is 0 Å². The average molecular weight is 129 g/mol. The molecule has 0 saturated carbocycles. The second kappa shape index (κ2) is 2.80. The molecule has 0 radical (unpaired) electrons. The van der Waals surface area contributed by atoms with E-state index in [0.717, 1.165) is 6.67 Å². The summed E-state index contributed by atoms with van der Waals surface area (Å²) in [6.45, 7) is 2.20. The molecule has 1 aliphatic rings. The minimum Gasteiger partial charge on any atom is -0.369 e. The number of nitrogens with two attached hydrogens (primary N) is 1. The molecule has 0 aromatic heterocycles. The maximum atomic E-state index is 10.5. The minimum absolute atomic E-state index is 0.0289. The third kappa shape index (κ3) is 1.65. The van der Waals surface area contributed by atoms with Crippen molar-refractivity contribution in [2.75, 3.05) is 19.8 Å². The van der Waals surface area contributed by atoms with Crippen LogP contribution in [0.2, 0.25) is 0 Å². The summed E-state index contributed by atoms with van der Waals surface area (Å²) in [5.74, 6) is -0.256. The fourth-order valence-electron chi connectivity index (χ4n) is 0.855. The molecule has 0 aromatic rings. The highest BCUT2D eigenvalue weighted by molar-refractivity contribution is 5.77. The normalized spacial score (nSPS) is 21.8. The molecule has 1 heterocycles. The molecule has 1 amide bonds. The molecule has 52 valence electrons. The summed E-state index contributed by atoms with van der Waals surface area (Å²) >= 11 is 0. The van der Waals surface area contributed by atoms with Crippen LogP contribution in [-0.2, 0) is 4.79 Å². The van der Waals surface area contributed by atoms with Crippen molar-refractivity contribution in [3.8, 4) is 0 Å². The van der Waals surface area contributed by atoms with E-state index in [1.807, 2.05) is 0 Å². The van der Waals surface area contributed by atoms with Crippen molar-refractivity contribution in [3.63, 3.8) is 0 Å². The molecule has 0 spiro atoms. The predicted octanol–water partition coefficient (Wildman–Crippen LogP) is -1.76. The first-order valence-corrected chi connectivity index (χ1v) is 3.01. The van der Waals surface area contributed by atoms with E-state index in [4.69, 9.17) is 5.73 Å². The van der Waals surface area contributed by atoms with Crippen LogP contribution in [0.15, 0.2) is 0 Å². The molecule has 0 aliphatic carbocycles. The standard InChI is InChI=1S/C5H11N3O/c6-5(9)4-1-7-3-8-2-4/h4,7-8H,1-3H2,(H2,6,9). The average Bonchev–Trinajstić information content (AvgIpc) is 1.90. The van der Waals surface area contributed by atoms with E-state index >= 15 is 0 Å². The van der Waals surface area contributed by atoms with Crippen LogP contribution in [-0.4, -0.2) is 25.7 Å². The molecule has 4 heteroatoms. The summed E-state index contributed by atoms with van der Waals surface area (Å²) in [7, 11) is 0. The summed E-state index contributed by atoms with van der Waals surface area (Å²) < 4.78 is 0. The first-order chi connectivity index (χ1) is 4.30. The Balaban J connectivity index is 2.31. The number of hydrogen-bond donors (Lipinski definition) is 3. The van der Waals surface area contributed by atoms with Crippen molar-refractivity contribution in [3.05, 3.63) is 0 Å². The summed E-state index contributed by atoms with van der Waals surface area (Å²) in [4.78, 5) is 10.5. The number of amides is 1. The molecule has 1 rings (SSSR count). The van der Waals surface area contributed by atoms with Crippen LogP contribution >= 0.6 is 0 Å². The van der Waals surface area contributed by atoms with Crippen LogP contribution in [0.25, 0.3) is 0 Å². The van der Waals surface area contributed by atoms with E-state index < -0.39 is 0 Å². The number of nitrogens with one attached hydrogen (secondary N) is 2. The molecule has 4 nitrogen and oxygen atoms in total. The first-order valence-electron chi connectivity index (χ1n) is 3.01. The number of hydrogen-bond acceptors (Lipinski definition) is 3. The molecule has 1 aliphatic heterocycles. The summed E-state index contributed by atoms with van der Waals surface area (Å²) in [6, 6.07) is 0. The van der Waals surface area contributed by atoms with E-state index in [2.05, 4.69) is 10.6 Å². The number of carbonyl (C=O) groups excluding carboxylic acids is 1. The van der Waals surface area contributed by atoms with Crippen LogP contribution in [0.5, 0.6) is 0 Å². The summed E-state index contributed by atoms with van der Waals surface area (Å²) in [5, 5.41) is 6.01. The maximum absolute atomic E-state index is 10.5. The Morgan fingerprint density at radius 2 is 2.00 bits per heavy atom. The van der Waals surface area contributed by atoms with Crippen LogP contribution in [0.3, 0.4) is 0 Å². The lowest BCUT2D eigenvalue weighted by Crippen LogP contribution is -2.48. The third-order valence-corrected chi connectivity index (χ3v) is 1.43. The highest BCUT2D eigenvalue weighted by atomic mass is 16.1. The molecule has 9 heavy (non-hydrogen) atoms. The second-order valence-electron chi connectivity index (χ2n) is 2.18. The Morgan fingerprint density at radius 3 is 2.33 bits per heavy atom. The fourth-order valence-corrected chi connectivity index (χ4v) is 0.855. The van der Waals surface area contributed by atoms with Gasteiger partial charge in [0.15, 0.2) is 0 Å². The molecular weight excluding hydrogens is 118 g/mol. The van der Waals surface area contributed by atoms with Gasteiger partial charge in [0, 0.05) is 19.8 Å². The van der Waals surface area contributed by atoms with Crippen LogP contribution in [0.1, 0.15) is 0 Å². The van der Waals surface area contributed by atoms with Gasteiger partial charge in [0.1, 0.15) is 0 Å². The van der Waals surface area contributed by atoms with Gasteiger partial charge in [0.05, 0.1) is 5.92 Å². The fraction of sp³-hybridized carbons (Fsp3) is 0.800. The zero-order valence-electron chi connectivity index (χ0n) is 5.18. The van der Waals surface area contributed by atoms with E-state index in [0.29, 0.717) is 13.1 Å². The lowest BCUT2D eigenvalue weighted by atomic mass is 10.1. The lowest BCUT2D eigenvalue weighted by Gasteiger charge is -2.20. The number of rotatable bonds is 1. The van der Waals surface area contributed by atoms with Gasteiger partial charge < -0.3 is 16.4 Å². The Hall–Kier alpha value is -0.610. The van der Waals surface area contributed by atoms with Gasteiger partial charge in [0.25, 0.3) is 0 Å². The van der Waals surface area contributed by atoms with Crippen molar-refractivity contribution in [1.29, 1.82) is 0 Å². The zero-order chi connectivity index (χ0) is 6.69. The monoisotopic (exact) mass is 129 g/mol. The quantitative estimate of drug-likeness (QED) is 0.393. The van der Waals surface area contributed by atoms with Crippen LogP contribution in [0, 0.1) is 5.92 Å². The highest BCUT2D eigenvalue weighted by Gasteiger charge is 2.16. The largest absolute Gasteiger partial charge is 0.369 e. The highest BCUT2D eigenvalue weighted by Crippen LogP contribution is 1.93. The van der Waals surface area contributed by atoms with Crippen molar-refractivity contribution >= 4 is 5.91 Å².